The molecule has 1 atom stereocenters. The third kappa shape index (κ3) is 8.29. The molecule has 9 heteroatoms. The second-order valence-corrected chi connectivity index (χ2v) is 5.71. The highest BCUT2D eigenvalue weighted by atomic mass is 32.2. The van der Waals surface area contributed by atoms with E-state index in [9.17, 15) is 26.4 Å². The Morgan fingerprint density at radius 1 is 1.39 bits per heavy atom. The van der Waals surface area contributed by atoms with Gasteiger partial charge in [0.2, 0.25) is 10.0 Å². The van der Waals surface area contributed by atoms with E-state index in [4.69, 9.17) is 5.11 Å². The topological polar surface area (TPSA) is 83.5 Å². The van der Waals surface area contributed by atoms with Gasteiger partial charge in [0.1, 0.15) is 6.04 Å². The summed E-state index contributed by atoms with van der Waals surface area (Å²) in [6.45, 7) is 1.67. The Morgan fingerprint density at radius 2 is 1.94 bits per heavy atom. The monoisotopic (exact) mass is 291 g/mol. The van der Waals surface area contributed by atoms with Gasteiger partial charge in [-0.1, -0.05) is 13.3 Å². The molecule has 0 rings (SSSR count). The van der Waals surface area contributed by atoms with E-state index < -0.39 is 46.8 Å². The molecule has 5 nitrogen and oxygen atoms in total. The zero-order valence-corrected chi connectivity index (χ0v) is 10.6. The number of carboxylic acids is 1. The van der Waals surface area contributed by atoms with Crippen molar-refractivity contribution < 1.29 is 31.5 Å². The highest BCUT2D eigenvalue weighted by molar-refractivity contribution is 7.89. The molecule has 0 aliphatic rings. The maximum atomic E-state index is 11.8. The number of carbonyl (C=O) groups is 1. The van der Waals surface area contributed by atoms with Gasteiger partial charge in [0.25, 0.3) is 0 Å². The van der Waals surface area contributed by atoms with Gasteiger partial charge in [-0.25, -0.2) is 13.1 Å². The molecule has 0 aliphatic carbocycles. The summed E-state index contributed by atoms with van der Waals surface area (Å²) in [5.74, 6) is -2.07. The lowest BCUT2D eigenvalue weighted by molar-refractivity contribution is -0.139. The number of aliphatic carboxylic acids is 1. The molecule has 18 heavy (non-hydrogen) atoms. The van der Waals surface area contributed by atoms with E-state index in [1.54, 1.807) is 6.92 Å². The highest BCUT2D eigenvalue weighted by Crippen LogP contribution is 2.21. The third-order valence-corrected chi connectivity index (χ3v) is 3.54. The van der Waals surface area contributed by atoms with Crippen molar-refractivity contribution >= 4 is 16.0 Å². The summed E-state index contributed by atoms with van der Waals surface area (Å²) >= 11 is 0. The number of sulfonamides is 1. The summed E-state index contributed by atoms with van der Waals surface area (Å²) in [6.07, 6.45) is -5.67. The van der Waals surface area contributed by atoms with E-state index >= 15 is 0 Å². The van der Waals surface area contributed by atoms with Crippen LogP contribution in [0.4, 0.5) is 13.2 Å². The number of rotatable bonds is 8. The Bertz CT molecular complexity index is 366. The van der Waals surface area contributed by atoms with Gasteiger partial charge in [-0.3, -0.25) is 4.79 Å². The second kappa shape index (κ2) is 6.93. The van der Waals surface area contributed by atoms with Crippen LogP contribution < -0.4 is 4.72 Å². The number of hydrogen-bond acceptors (Lipinski definition) is 3. The maximum Gasteiger partial charge on any atom is 0.389 e. The van der Waals surface area contributed by atoms with Gasteiger partial charge >= 0.3 is 12.1 Å². The molecule has 0 aliphatic heterocycles. The van der Waals surface area contributed by atoms with Gasteiger partial charge in [-0.15, -0.1) is 0 Å². The molecule has 0 radical (unpaired) electrons. The quantitative estimate of drug-likeness (QED) is 0.710. The van der Waals surface area contributed by atoms with Crippen molar-refractivity contribution in [2.75, 3.05) is 5.75 Å². The Balaban J connectivity index is 4.33. The molecule has 0 bridgehead atoms. The molecule has 1 unspecified atom stereocenters. The van der Waals surface area contributed by atoms with Gasteiger partial charge < -0.3 is 5.11 Å². The zero-order valence-electron chi connectivity index (χ0n) is 9.83. The summed E-state index contributed by atoms with van der Waals surface area (Å²) in [7, 11) is -4.00. The largest absolute Gasteiger partial charge is 0.480 e. The molecule has 0 amide bonds. The van der Waals surface area contributed by atoms with E-state index in [2.05, 4.69) is 0 Å². The summed E-state index contributed by atoms with van der Waals surface area (Å²) in [5, 5.41) is 8.72. The van der Waals surface area contributed by atoms with Crippen molar-refractivity contribution in [1.29, 1.82) is 0 Å². The molecule has 0 saturated carbocycles. The third-order valence-electron chi connectivity index (χ3n) is 2.07. The van der Waals surface area contributed by atoms with Crippen LogP contribution in [0.2, 0.25) is 0 Å². The first-order valence-electron chi connectivity index (χ1n) is 5.37. The van der Waals surface area contributed by atoms with Gasteiger partial charge in [0.05, 0.1) is 5.75 Å². The van der Waals surface area contributed by atoms with E-state index in [-0.39, 0.29) is 6.42 Å². The number of hydrogen-bond donors (Lipinski definition) is 2. The zero-order chi connectivity index (χ0) is 14.4. The Labute approximate surface area is 103 Å². The lowest BCUT2D eigenvalue weighted by Crippen LogP contribution is -2.41. The molecule has 108 valence electrons. The predicted molar refractivity (Wildman–Crippen MR) is 58.5 cm³/mol. The van der Waals surface area contributed by atoms with Crippen molar-refractivity contribution in [3.8, 4) is 0 Å². The van der Waals surface area contributed by atoms with Crippen molar-refractivity contribution in [2.24, 2.45) is 0 Å². The van der Waals surface area contributed by atoms with Crippen LogP contribution in [0.1, 0.15) is 32.6 Å². The summed E-state index contributed by atoms with van der Waals surface area (Å²) in [5.41, 5.74) is 0. The Morgan fingerprint density at radius 3 is 2.33 bits per heavy atom. The standard InChI is InChI=1S/C9H16F3NO4S/c1-2-4-7(8(14)15)13-18(16,17)6-3-5-9(10,11)12/h7,13H,2-6H2,1H3,(H,14,15). The van der Waals surface area contributed by atoms with E-state index in [1.807, 2.05) is 4.72 Å². The minimum atomic E-state index is -4.41. The Kier molecular flexibility index (Phi) is 6.61. The molecule has 0 aromatic rings. The van der Waals surface area contributed by atoms with Crippen LogP contribution in [-0.4, -0.2) is 37.5 Å². The Hall–Kier alpha value is -0.830. The van der Waals surface area contributed by atoms with Crippen LogP contribution in [0.5, 0.6) is 0 Å². The lowest BCUT2D eigenvalue weighted by Gasteiger charge is -2.14. The summed E-state index contributed by atoms with van der Waals surface area (Å²) in [4.78, 5) is 10.7. The van der Waals surface area contributed by atoms with Crippen molar-refractivity contribution in [2.45, 2.75) is 44.8 Å². The van der Waals surface area contributed by atoms with E-state index in [0.29, 0.717) is 6.42 Å². The molecular formula is C9H16F3NO4S. The number of nitrogens with one attached hydrogen (secondary N) is 1. The van der Waals surface area contributed by atoms with Crippen LogP contribution in [0.3, 0.4) is 0 Å². The average Bonchev–Trinajstić information content (AvgIpc) is 2.13. The van der Waals surface area contributed by atoms with Crippen molar-refractivity contribution in [1.82, 2.24) is 4.72 Å². The minimum Gasteiger partial charge on any atom is -0.480 e. The SMILES string of the molecule is CCCC(NS(=O)(=O)CCCC(F)(F)F)C(=O)O. The molecule has 0 heterocycles. The normalized spacial score (nSPS) is 14.4. The molecular weight excluding hydrogens is 275 g/mol. The van der Waals surface area contributed by atoms with Crippen LogP contribution in [0.25, 0.3) is 0 Å². The number of carboxylic acid groups (broad SMARTS) is 1. The molecule has 0 aromatic heterocycles. The van der Waals surface area contributed by atoms with Gasteiger partial charge in [-0.05, 0) is 12.8 Å². The van der Waals surface area contributed by atoms with Gasteiger partial charge in [0.15, 0.2) is 0 Å². The van der Waals surface area contributed by atoms with Crippen molar-refractivity contribution in [3.05, 3.63) is 0 Å². The fourth-order valence-corrected chi connectivity index (χ4v) is 2.55. The first-order valence-corrected chi connectivity index (χ1v) is 7.02. The molecule has 0 aromatic carbocycles. The molecule has 0 spiro atoms. The lowest BCUT2D eigenvalue weighted by atomic mass is 10.2. The molecule has 0 saturated heterocycles. The fourth-order valence-electron chi connectivity index (χ4n) is 1.26. The summed E-state index contributed by atoms with van der Waals surface area (Å²) in [6, 6.07) is -1.29. The van der Waals surface area contributed by atoms with Crippen LogP contribution in [0.15, 0.2) is 0 Å². The number of alkyl halides is 3. The number of halogens is 3. The average molecular weight is 291 g/mol. The van der Waals surface area contributed by atoms with Crippen LogP contribution in [0, 0.1) is 0 Å². The smallest absolute Gasteiger partial charge is 0.389 e. The highest BCUT2D eigenvalue weighted by Gasteiger charge is 2.28. The summed E-state index contributed by atoms with van der Waals surface area (Å²) < 4.78 is 60.1. The van der Waals surface area contributed by atoms with Gasteiger partial charge in [0, 0.05) is 6.42 Å². The van der Waals surface area contributed by atoms with E-state index in [0.717, 1.165) is 0 Å². The predicted octanol–water partition coefficient (Wildman–Crippen LogP) is 1.50. The first kappa shape index (κ1) is 17.2. The van der Waals surface area contributed by atoms with E-state index in [1.165, 1.54) is 0 Å². The van der Waals surface area contributed by atoms with Crippen LogP contribution in [-0.2, 0) is 14.8 Å². The molecule has 2 N–H and O–H groups in total. The maximum absolute atomic E-state index is 11.8. The van der Waals surface area contributed by atoms with Crippen molar-refractivity contribution in [3.63, 3.8) is 0 Å². The second-order valence-electron chi connectivity index (χ2n) is 3.83. The first-order chi connectivity index (χ1) is 8.07. The molecule has 0 fully saturated rings. The fraction of sp³-hybridized carbons (Fsp3) is 0.889. The van der Waals surface area contributed by atoms with Gasteiger partial charge in [-0.2, -0.15) is 13.2 Å². The minimum absolute atomic E-state index is 0.0911. The van der Waals surface area contributed by atoms with Crippen LogP contribution >= 0.6 is 0 Å².